The summed E-state index contributed by atoms with van der Waals surface area (Å²) in [7, 11) is 0. The number of piperidine rings is 1. The summed E-state index contributed by atoms with van der Waals surface area (Å²) in [6.07, 6.45) is 9.78. The number of aromatic amines is 1. The van der Waals surface area contributed by atoms with Gasteiger partial charge in [0.2, 0.25) is 5.91 Å². The largest absolute Gasteiger partial charge is 0.508 e. The average molecular weight is 558 g/mol. The van der Waals surface area contributed by atoms with Crippen LogP contribution < -0.4 is 10.6 Å². The lowest BCUT2D eigenvalue weighted by Crippen LogP contribution is -2.58. The molecule has 1 aromatic carbocycles. The molecule has 2 aromatic rings. The smallest absolute Gasteiger partial charge is 0.435 e. The quantitative estimate of drug-likeness (QED) is 0.378. The number of halogens is 1. The summed E-state index contributed by atoms with van der Waals surface area (Å²) in [5, 5.41) is 5.62. The fourth-order valence-corrected chi connectivity index (χ4v) is 5.86. The van der Waals surface area contributed by atoms with Crippen LogP contribution >= 0.6 is 0 Å². The van der Waals surface area contributed by atoms with E-state index in [1.165, 1.54) is 18.6 Å². The maximum atomic E-state index is 13.7. The Morgan fingerprint density at radius 1 is 1.15 bits per heavy atom. The van der Waals surface area contributed by atoms with Gasteiger partial charge in [0.1, 0.15) is 17.5 Å². The molecule has 1 aliphatic heterocycles. The Kier molecular flexibility index (Phi) is 10.4. The van der Waals surface area contributed by atoms with Crippen LogP contribution in [0.15, 0.2) is 36.8 Å². The monoisotopic (exact) mass is 557 g/mol. The first-order chi connectivity index (χ1) is 19.4. The Labute approximate surface area is 234 Å². The van der Waals surface area contributed by atoms with Crippen LogP contribution in [0.3, 0.4) is 0 Å². The van der Waals surface area contributed by atoms with Gasteiger partial charge in [0.25, 0.3) is 0 Å². The molecular weight excluding hydrogens is 517 g/mol. The topological polar surface area (TPSA) is 126 Å². The first-order valence-electron chi connectivity index (χ1n) is 14.3. The summed E-state index contributed by atoms with van der Waals surface area (Å²) in [4.78, 5) is 47.6. The number of carbonyl (C=O) groups is 3. The number of nitrogens with one attached hydrogen (secondary N) is 3. The summed E-state index contributed by atoms with van der Waals surface area (Å²) in [5.41, 5.74) is 0.962. The minimum Gasteiger partial charge on any atom is -0.435 e. The van der Waals surface area contributed by atoms with Crippen molar-refractivity contribution in [2.75, 3.05) is 26.2 Å². The molecule has 4 rings (SSSR count). The van der Waals surface area contributed by atoms with Crippen molar-refractivity contribution in [1.29, 1.82) is 0 Å². The number of nitrogens with zero attached hydrogens (tertiary/aromatic N) is 2. The van der Waals surface area contributed by atoms with E-state index >= 15 is 0 Å². The molecule has 40 heavy (non-hydrogen) atoms. The fraction of sp³-hybridized carbons (Fsp3) is 0.586. The molecule has 0 spiro atoms. The summed E-state index contributed by atoms with van der Waals surface area (Å²) in [6, 6.07) is 4.61. The number of benzene rings is 1. The highest BCUT2D eigenvalue weighted by Gasteiger charge is 2.46. The molecule has 11 heteroatoms. The lowest BCUT2D eigenvalue weighted by Gasteiger charge is -2.47. The highest BCUT2D eigenvalue weighted by Crippen LogP contribution is 2.42. The lowest BCUT2D eigenvalue weighted by atomic mass is 9.72. The maximum absolute atomic E-state index is 13.7. The third-order valence-corrected chi connectivity index (χ3v) is 8.01. The van der Waals surface area contributed by atoms with Gasteiger partial charge in [-0.1, -0.05) is 31.4 Å². The van der Waals surface area contributed by atoms with Crippen LogP contribution in [0.25, 0.3) is 0 Å². The van der Waals surface area contributed by atoms with E-state index in [1.807, 2.05) is 0 Å². The van der Waals surface area contributed by atoms with Gasteiger partial charge in [-0.3, -0.25) is 4.79 Å². The van der Waals surface area contributed by atoms with Gasteiger partial charge >= 0.3 is 12.2 Å². The van der Waals surface area contributed by atoms with Crippen molar-refractivity contribution in [3.8, 4) is 0 Å². The second-order valence-corrected chi connectivity index (χ2v) is 10.6. The van der Waals surface area contributed by atoms with Gasteiger partial charge in [-0.2, -0.15) is 0 Å². The molecule has 0 radical (unpaired) electrons. The van der Waals surface area contributed by atoms with Crippen LogP contribution in [-0.2, 0) is 27.1 Å². The van der Waals surface area contributed by atoms with Crippen LogP contribution in [-0.4, -0.2) is 70.8 Å². The second kappa shape index (κ2) is 14.1. The zero-order chi connectivity index (χ0) is 28.4. The molecule has 2 heterocycles. The van der Waals surface area contributed by atoms with Crippen molar-refractivity contribution in [3.05, 3.63) is 53.9 Å². The molecule has 10 nitrogen and oxygen atoms in total. The number of hydrogen-bond donors (Lipinski definition) is 3. The zero-order valence-corrected chi connectivity index (χ0v) is 23.1. The molecular formula is C29H40FN5O5. The highest BCUT2D eigenvalue weighted by atomic mass is 19.1. The summed E-state index contributed by atoms with van der Waals surface area (Å²) in [5.74, 6) is -0.356. The highest BCUT2D eigenvalue weighted by molar-refractivity contribution is 5.87. The number of likely N-dealkylation sites (tertiary alicyclic amines) is 1. The standard InChI is InChI=1S/C29H40FN5O5/c1-2-39-28(38)40-29(22-6-4-3-5-7-22)13-16-35(17-14-29)26(36)25(18-21-8-10-23(30)11-9-21)34-27(37)32-15-12-24-19-31-20-33-24/h8-11,19-20,22,25H,2-7,12-18H2,1H3,(H,31,33)(H2,32,34,37)/t25-/m1/s1. The maximum Gasteiger partial charge on any atom is 0.508 e. The van der Waals surface area contributed by atoms with Crippen molar-refractivity contribution in [3.63, 3.8) is 0 Å². The molecule has 0 bridgehead atoms. The van der Waals surface area contributed by atoms with E-state index in [9.17, 15) is 18.8 Å². The number of amides is 3. The number of rotatable bonds is 10. The van der Waals surface area contributed by atoms with E-state index in [0.717, 1.165) is 36.9 Å². The predicted molar refractivity (Wildman–Crippen MR) is 146 cm³/mol. The van der Waals surface area contributed by atoms with Gasteiger partial charge < -0.3 is 30.0 Å². The summed E-state index contributed by atoms with van der Waals surface area (Å²) in [6.45, 7) is 3.16. The van der Waals surface area contributed by atoms with E-state index in [0.29, 0.717) is 38.9 Å². The minimum absolute atomic E-state index is 0.219. The molecule has 3 N–H and O–H groups in total. The van der Waals surface area contributed by atoms with E-state index < -0.39 is 23.8 Å². The third kappa shape index (κ3) is 7.95. The Morgan fingerprint density at radius 3 is 2.52 bits per heavy atom. The van der Waals surface area contributed by atoms with E-state index in [-0.39, 0.29) is 30.7 Å². The molecule has 0 unspecified atom stereocenters. The first-order valence-corrected chi connectivity index (χ1v) is 14.3. The van der Waals surface area contributed by atoms with Gasteiger partial charge in [-0.25, -0.2) is 19.0 Å². The molecule has 218 valence electrons. The molecule has 1 atom stereocenters. The molecule has 1 saturated carbocycles. The van der Waals surface area contributed by atoms with Crippen LogP contribution in [0.4, 0.5) is 14.0 Å². The lowest BCUT2D eigenvalue weighted by molar-refractivity contribution is -0.143. The van der Waals surface area contributed by atoms with Crippen molar-refractivity contribution >= 4 is 18.1 Å². The number of H-pyrrole nitrogens is 1. The van der Waals surface area contributed by atoms with Crippen molar-refractivity contribution in [2.24, 2.45) is 5.92 Å². The van der Waals surface area contributed by atoms with Gasteiger partial charge in [0, 0.05) is 57.2 Å². The van der Waals surface area contributed by atoms with E-state index in [2.05, 4.69) is 20.6 Å². The molecule has 2 fully saturated rings. The molecule has 1 aromatic heterocycles. The zero-order valence-electron chi connectivity index (χ0n) is 23.1. The van der Waals surface area contributed by atoms with Crippen LogP contribution in [0.5, 0.6) is 0 Å². The van der Waals surface area contributed by atoms with Gasteiger partial charge in [-0.05, 0) is 43.4 Å². The van der Waals surface area contributed by atoms with Crippen LogP contribution in [0.2, 0.25) is 0 Å². The number of imidazole rings is 1. The number of carbonyl (C=O) groups excluding carboxylic acids is 3. The Bertz CT molecular complexity index is 1100. The van der Waals surface area contributed by atoms with E-state index in [1.54, 1.807) is 36.5 Å². The number of ether oxygens (including phenoxy) is 2. The Hall–Kier alpha value is -3.63. The fourth-order valence-electron chi connectivity index (χ4n) is 5.86. The van der Waals surface area contributed by atoms with Gasteiger partial charge in [0.15, 0.2) is 0 Å². The SMILES string of the molecule is CCOC(=O)OC1(C2CCCCC2)CCN(C(=O)[C@@H](Cc2ccc(F)cc2)NC(=O)NCCc2cnc[nH]2)CC1. The molecule has 2 aliphatic rings. The molecule has 3 amide bonds. The van der Waals surface area contributed by atoms with Crippen LogP contribution in [0, 0.1) is 11.7 Å². The minimum atomic E-state index is -0.842. The Balaban J connectivity index is 1.42. The number of hydrogen-bond acceptors (Lipinski definition) is 6. The molecule has 1 aliphatic carbocycles. The number of aromatic nitrogens is 2. The number of urea groups is 1. The Morgan fingerprint density at radius 2 is 1.88 bits per heavy atom. The molecule has 1 saturated heterocycles. The van der Waals surface area contributed by atoms with Crippen LogP contribution in [0.1, 0.15) is 63.1 Å². The summed E-state index contributed by atoms with van der Waals surface area (Å²) >= 11 is 0. The van der Waals surface area contributed by atoms with Gasteiger partial charge in [0.05, 0.1) is 12.9 Å². The van der Waals surface area contributed by atoms with Gasteiger partial charge in [-0.15, -0.1) is 0 Å². The first kappa shape index (κ1) is 29.4. The third-order valence-electron chi connectivity index (χ3n) is 8.01. The summed E-state index contributed by atoms with van der Waals surface area (Å²) < 4.78 is 24.6. The second-order valence-electron chi connectivity index (χ2n) is 10.6. The van der Waals surface area contributed by atoms with Crippen molar-refractivity contribution in [1.82, 2.24) is 25.5 Å². The van der Waals surface area contributed by atoms with Crippen molar-refractivity contribution < 1.29 is 28.2 Å². The predicted octanol–water partition coefficient (Wildman–Crippen LogP) is 4.12. The normalized spacial score (nSPS) is 18.0. The average Bonchev–Trinajstić information content (AvgIpc) is 3.48. The van der Waals surface area contributed by atoms with Crippen molar-refractivity contribution in [2.45, 2.75) is 76.4 Å². The van der Waals surface area contributed by atoms with E-state index in [4.69, 9.17) is 9.47 Å².